The third kappa shape index (κ3) is 2.69. The molecule has 0 amide bonds. The minimum Gasteiger partial charge on any atom is -0.493 e. The van der Waals surface area contributed by atoms with Crippen molar-refractivity contribution in [3.8, 4) is 5.75 Å². The molecule has 0 aliphatic rings. The molecule has 0 fully saturated rings. The van der Waals surface area contributed by atoms with Gasteiger partial charge in [0.05, 0.1) is 24.4 Å². The molecule has 0 spiro atoms. The molecule has 0 aliphatic carbocycles. The highest BCUT2D eigenvalue weighted by Crippen LogP contribution is 2.28. The van der Waals surface area contributed by atoms with Gasteiger partial charge >= 0.3 is 0 Å². The van der Waals surface area contributed by atoms with E-state index < -0.39 is 0 Å². The van der Waals surface area contributed by atoms with Gasteiger partial charge in [-0.3, -0.25) is 0 Å². The Labute approximate surface area is 121 Å². The van der Waals surface area contributed by atoms with Crippen LogP contribution in [0.2, 0.25) is 0 Å². The Balaban J connectivity index is 1.68. The quantitative estimate of drug-likeness (QED) is 0.780. The summed E-state index contributed by atoms with van der Waals surface area (Å²) in [7, 11) is 1.65. The number of fused-ring (bicyclic) bond motifs is 1. The van der Waals surface area contributed by atoms with Crippen molar-refractivity contribution in [2.45, 2.75) is 20.0 Å². The Morgan fingerprint density at radius 1 is 1.35 bits per heavy atom. The summed E-state index contributed by atoms with van der Waals surface area (Å²) in [5.74, 6) is 1.67. The molecule has 0 saturated heterocycles. The summed E-state index contributed by atoms with van der Waals surface area (Å²) in [5, 5.41) is 7.57. The van der Waals surface area contributed by atoms with E-state index in [2.05, 4.69) is 15.7 Å². The number of aryl methyl sites for hydroxylation is 1. The van der Waals surface area contributed by atoms with Crippen LogP contribution in [0.15, 0.2) is 34.1 Å². The molecule has 3 aromatic rings. The fourth-order valence-corrected chi connectivity index (χ4v) is 2.75. The lowest BCUT2D eigenvalue weighted by Crippen LogP contribution is -2.12. The second-order valence-corrected chi connectivity index (χ2v) is 5.61. The molecule has 0 saturated carbocycles. The predicted octanol–water partition coefficient (Wildman–Crippen LogP) is 3.50. The number of benzene rings is 1. The highest BCUT2D eigenvalue weighted by Gasteiger charge is 2.08. The van der Waals surface area contributed by atoms with Gasteiger partial charge in [-0.25, -0.2) is 4.98 Å². The molecule has 0 bridgehead atoms. The van der Waals surface area contributed by atoms with Crippen molar-refractivity contribution in [1.29, 1.82) is 0 Å². The number of para-hydroxylation sites is 1. The molecular weight excluding hydrogens is 272 g/mol. The summed E-state index contributed by atoms with van der Waals surface area (Å²) in [5.41, 5.74) is 1.87. The van der Waals surface area contributed by atoms with Gasteiger partial charge in [0.25, 0.3) is 0 Å². The van der Waals surface area contributed by atoms with Gasteiger partial charge in [0.2, 0.25) is 0 Å². The van der Waals surface area contributed by atoms with Crippen molar-refractivity contribution in [1.82, 2.24) is 10.3 Å². The first-order valence-corrected chi connectivity index (χ1v) is 7.31. The number of nitrogens with one attached hydrogen (secondary N) is 1. The van der Waals surface area contributed by atoms with Crippen LogP contribution in [0.4, 0.5) is 0 Å². The molecule has 2 aromatic heterocycles. The molecular formula is C15H16N2O2S. The van der Waals surface area contributed by atoms with Gasteiger partial charge in [0.15, 0.2) is 11.3 Å². The number of thiazole rings is 1. The van der Waals surface area contributed by atoms with E-state index in [0.29, 0.717) is 6.54 Å². The molecule has 5 heteroatoms. The number of nitrogens with zero attached hydrogens (tertiary/aromatic N) is 1. The number of methoxy groups -OCH3 is 1. The second kappa shape index (κ2) is 5.64. The van der Waals surface area contributed by atoms with Crippen molar-refractivity contribution in [2.24, 2.45) is 0 Å². The zero-order chi connectivity index (χ0) is 13.9. The van der Waals surface area contributed by atoms with Gasteiger partial charge in [-0.15, -0.1) is 11.3 Å². The van der Waals surface area contributed by atoms with E-state index in [1.165, 1.54) is 0 Å². The van der Waals surface area contributed by atoms with E-state index in [4.69, 9.17) is 9.15 Å². The molecule has 1 aromatic carbocycles. The maximum atomic E-state index is 5.83. The van der Waals surface area contributed by atoms with E-state index in [1.807, 2.05) is 31.2 Å². The van der Waals surface area contributed by atoms with E-state index in [1.54, 1.807) is 18.4 Å². The first-order valence-electron chi connectivity index (χ1n) is 6.43. The molecule has 104 valence electrons. The number of aromatic nitrogens is 1. The smallest absolute Gasteiger partial charge is 0.176 e. The van der Waals surface area contributed by atoms with Crippen molar-refractivity contribution in [3.63, 3.8) is 0 Å². The Bertz CT molecular complexity index is 718. The highest BCUT2D eigenvalue weighted by atomic mass is 32.1. The zero-order valence-corrected chi connectivity index (χ0v) is 12.3. The lowest BCUT2D eigenvalue weighted by Gasteiger charge is -2.00. The van der Waals surface area contributed by atoms with Crippen LogP contribution in [0.5, 0.6) is 5.75 Å². The summed E-state index contributed by atoms with van der Waals surface area (Å²) < 4.78 is 11.1. The zero-order valence-electron chi connectivity index (χ0n) is 11.5. The Morgan fingerprint density at radius 3 is 3.00 bits per heavy atom. The van der Waals surface area contributed by atoms with Gasteiger partial charge in [-0.05, 0) is 19.1 Å². The number of ether oxygens (including phenoxy) is 1. The van der Waals surface area contributed by atoms with Crippen LogP contribution < -0.4 is 10.1 Å². The van der Waals surface area contributed by atoms with Gasteiger partial charge in [0, 0.05) is 17.3 Å². The lowest BCUT2D eigenvalue weighted by molar-refractivity contribution is 0.406. The molecule has 1 N–H and O–H groups in total. The first-order chi connectivity index (χ1) is 9.76. The highest BCUT2D eigenvalue weighted by molar-refractivity contribution is 7.09. The Hall–Kier alpha value is -1.85. The summed E-state index contributed by atoms with van der Waals surface area (Å²) in [6, 6.07) is 7.93. The monoisotopic (exact) mass is 288 g/mol. The van der Waals surface area contributed by atoms with Crippen LogP contribution in [0.3, 0.4) is 0 Å². The standard InChI is InChI=1S/C15H16N2O2S/c1-10-17-12(9-20-10)7-16-8-13-6-11-4-3-5-14(18-2)15(11)19-13/h3-6,9,16H,7-8H2,1-2H3. The minimum absolute atomic E-state index is 0.675. The third-order valence-corrected chi connectivity index (χ3v) is 3.87. The van der Waals surface area contributed by atoms with Crippen molar-refractivity contribution < 1.29 is 9.15 Å². The maximum absolute atomic E-state index is 5.83. The van der Waals surface area contributed by atoms with Gasteiger partial charge in [0.1, 0.15) is 5.76 Å². The van der Waals surface area contributed by atoms with Crippen LogP contribution in [-0.4, -0.2) is 12.1 Å². The SMILES string of the molecule is COc1cccc2cc(CNCc3csc(C)n3)oc12. The summed E-state index contributed by atoms with van der Waals surface area (Å²) in [6.45, 7) is 3.44. The van der Waals surface area contributed by atoms with E-state index in [-0.39, 0.29) is 0 Å². The fraction of sp³-hybridized carbons (Fsp3) is 0.267. The number of hydrogen-bond acceptors (Lipinski definition) is 5. The number of furan rings is 1. The summed E-state index contributed by atoms with van der Waals surface area (Å²) in [4.78, 5) is 4.42. The second-order valence-electron chi connectivity index (χ2n) is 4.55. The van der Waals surface area contributed by atoms with Crippen LogP contribution in [0.1, 0.15) is 16.5 Å². The van der Waals surface area contributed by atoms with Gasteiger partial charge in [-0.2, -0.15) is 0 Å². The predicted molar refractivity (Wildman–Crippen MR) is 80.2 cm³/mol. The molecule has 3 rings (SSSR count). The molecule has 4 nitrogen and oxygen atoms in total. The molecule has 2 heterocycles. The van der Waals surface area contributed by atoms with E-state index in [0.717, 1.165) is 39.7 Å². The molecule has 20 heavy (non-hydrogen) atoms. The van der Waals surface area contributed by atoms with Gasteiger partial charge < -0.3 is 14.5 Å². The molecule has 0 unspecified atom stereocenters. The number of rotatable bonds is 5. The summed E-state index contributed by atoms with van der Waals surface area (Å²) in [6.07, 6.45) is 0. The Kier molecular flexibility index (Phi) is 3.71. The number of hydrogen-bond donors (Lipinski definition) is 1. The minimum atomic E-state index is 0.675. The largest absolute Gasteiger partial charge is 0.493 e. The topological polar surface area (TPSA) is 47.3 Å². The molecule has 0 atom stereocenters. The van der Waals surface area contributed by atoms with E-state index in [9.17, 15) is 0 Å². The Morgan fingerprint density at radius 2 is 2.25 bits per heavy atom. The van der Waals surface area contributed by atoms with E-state index >= 15 is 0 Å². The maximum Gasteiger partial charge on any atom is 0.176 e. The van der Waals surface area contributed by atoms with Crippen LogP contribution >= 0.6 is 11.3 Å². The van der Waals surface area contributed by atoms with Crippen molar-refractivity contribution in [2.75, 3.05) is 7.11 Å². The van der Waals surface area contributed by atoms with Crippen molar-refractivity contribution in [3.05, 3.63) is 46.1 Å². The third-order valence-electron chi connectivity index (χ3n) is 3.05. The normalized spacial score (nSPS) is 11.1. The fourth-order valence-electron chi connectivity index (χ4n) is 2.14. The first kappa shape index (κ1) is 13.1. The average Bonchev–Trinajstić information content (AvgIpc) is 3.04. The summed E-state index contributed by atoms with van der Waals surface area (Å²) >= 11 is 1.67. The van der Waals surface area contributed by atoms with Crippen LogP contribution in [0.25, 0.3) is 11.0 Å². The van der Waals surface area contributed by atoms with Crippen LogP contribution in [-0.2, 0) is 13.1 Å². The average molecular weight is 288 g/mol. The lowest BCUT2D eigenvalue weighted by atomic mass is 10.2. The molecule has 0 aliphatic heterocycles. The van der Waals surface area contributed by atoms with Crippen molar-refractivity contribution >= 4 is 22.3 Å². The van der Waals surface area contributed by atoms with Gasteiger partial charge in [-0.1, -0.05) is 12.1 Å². The molecule has 0 radical (unpaired) electrons. The van der Waals surface area contributed by atoms with Crippen LogP contribution in [0, 0.1) is 6.92 Å².